The van der Waals surface area contributed by atoms with Crippen molar-refractivity contribution < 1.29 is 19.4 Å². The number of aryl methyl sites for hydroxylation is 1. The number of hydrogen-bond donors (Lipinski definition) is 2. The number of methoxy groups -OCH3 is 1. The van der Waals surface area contributed by atoms with Crippen molar-refractivity contribution in [1.29, 1.82) is 0 Å². The lowest BCUT2D eigenvalue weighted by molar-refractivity contribution is -0.129. The van der Waals surface area contributed by atoms with Gasteiger partial charge in [-0.1, -0.05) is 0 Å². The van der Waals surface area contributed by atoms with Crippen LogP contribution in [-0.4, -0.2) is 53.5 Å². The van der Waals surface area contributed by atoms with Crippen LogP contribution in [0.15, 0.2) is 12.4 Å². The monoisotopic (exact) mass is 269 g/mol. The Labute approximate surface area is 112 Å². The molecule has 0 aliphatic carbocycles. The van der Waals surface area contributed by atoms with E-state index < -0.39 is 12.0 Å². The molecule has 1 amide bonds. The van der Waals surface area contributed by atoms with Gasteiger partial charge in [-0.2, -0.15) is 0 Å². The zero-order valence-electron chi connectivity index (χ0n) is 11.3. The van der Waals surface area contributed by atoms with E-state index in [-0.39, 0.29) is 12.7 Å². The van der Waals surface area contributed by atoms with Crippen LogP contribution >= 0.6 is 0 Å². The molecule has 2 N–H and O–H groups in total. The van der Waals surface area contributed by atoms with Gasteiger partial charge in [0.2, 0.25) is 0 Å². The van der Waals surface area contributed by atoms with Crippen molar-refractivity contribution in [3.63, 3.8) is 0 Å². The first-order valence-corrected chi connectivity index (χ1v) is 5.91. The van der Waals surface area contributed by atoms with Crippen LogP contribution in [0.5, 0.6) is 0 Å². The molecule has 19 heavy (non-hydrogen) atoms. The smallest absolute Gasteiger partial charge is 0.256 e. The summed E-state index contributed by atoms with van der Waals surface area (Å²) in [6, 6.07) is 0. The molecule has 2 atom stereocenters. The van der Waals surface area contributed by atoms with Crippen molar-refractivity contribution in [1.82, 2.24) is 9.97 Å². The van der Waals surface area contributed by atoms with Gasteiger partial charge in [-0.25, -0.2) is 4.98 Å². The Balaban J connectivity index is 2.38. The molecule has 1 aromatic heterocycles. The number of aromatic nitrogens is 2. The number of hydrogen-bond acceptors (Lipinski definition) is 6. The zero-order chi connectivity index (χ0) is 14.3. The molecule has 0 saturated heterocycles. The number of carbonyl (C=O) groups is 1. The third-order valence-corrected chi connectivity index (χ3v) is 2.27. The minimum atomic E-state index is -1.26. The molecule has 1 rings (SSSR count). The van der Waals surface area contributed by atoms with E-state index in [4.69, 9.17) is 9.47 Å². The van der Waals surface area contributed by atoms with Gasteiger partial charge in [0.15, 0.2) is 11.9 Å². The van der Waals surface area contributed by atoms with Crippen molar-refractivity contribution in [3.05, 3.63) is 18.1 Å². The number of anilines is 1. The maximum Gasteiger partial charge on any atom is 0.256 e. The van der Waals surface area contributed by atoms with Gasteiger partial charge in [-0.3, -0.25) is 9.78 Å². The lowest BCUT2D eigenvalue weighted by Gasteiger charge is -2.15. The molecular formula is C12H19N3O4. The van der Waals surface area contributed by atoms with Crippen LogP contribution in [0.25, 0.3) is 0 Å². The maximum absolute atomic E-state index is 11.6. The van der Waals surface area contributed by atoms with Gasteiger partial charge in [0, 0.05) is 7.11 Å². The number of rotatable bonds is 7. The first-order chi connectivity index (χ1) is 9.02. The first kappa shape index (κ1) is 15.5. The minimum absolute atomic E-state index is 0.102. The molecule has 1 heterocycles. The predicted octanol–water partition coefficient (Wildman–Crippen LogP) is 0.136. The molecule has 0 aromatic carbocycles. The molecule has 0 aliphatic rings. The quantitative estimate of drug-likeness (QED) is 0.731. The predicted molar refractivity (Wildman–Crippen MR) is 68.7 cm³/mol. The molecule has 7 nitrogen and oxygen atoms in total. The first-order valence-electron chi connectivity index (χ1n) is 5.91. The third-order valence-electron chi connectivity index (χ3n) is 2.27. The fourth-order valence-electron chi connectivity index (χ4n) is 1.28. The highest BCUT2D eigenvalue weighted by atomic mass is 16.5. The Kier molecular flexibility index (Phi) is 6.34. The molecule has 0 radical (unpaired) electrons. The molecule has 0 saturated carbocycles. The van der Waals surface area contributed by atoms with Gasteiger partial charge in [0.25, 0.3) is 5.91 Å². The van der Waals surface area contributed by atoms with Crippen LogP contribution in [-0.2, 0) is 14.3 Å². The number of aliphatic hydroxyl groups excluding tert-OH is 1. The number of ether oxygens (including phenoxy) is 2. The SMILES string of the molecule is COCC(C)OCC(O)C(=O)Nc1cnc(C)cn1. The second-order valence-electron chi connectivity index (χ2n) is 4.15. The van der Waals surface area contributed by atoms with Crippen molar-refractivity contribution in [2.45, 2.75) is 26.1 Å². The molecule has 106 valence electrons. The average molecular weight is 269 g/mol. The normalized spacial score (nSPS) is 13.9. The van der Waals surface area contributed by atoms with E-state index in [9.17, 15) is 9.90 Å². The average Bonchev–Trinajstić information content (AvgIpc) is 2.39. The number of amides is 1. The van der Waals surface area contributed by atoms with Crippen LogP contribution in [0.2, 0.25) is 0 Å². The fourth-order valence-corrected chi connectivity index (χ4v) is 1.28. The number of carbonyl (C=O) groups excluding carboxylic acids is 1. The highest BCUT2D eigenvalue weighted by Gasteiger charge is 2.17. The Morgan fingerprint density at radius 3 is 2.74 bits per heavy atom. The number of nitrogens with zero attached hydrogens (tertiary/aromatic N) is 2. The van der Waals surface area contributed by atoms with Gasteiger partial charge in [0.05, 0.1) is 37.4 Å². The van der Waals surface area contributed by atoms with E-state index in [1.165, 1.54) is 12.4 Å². The van der Waals surface area contributed by atoms with E-state index in [1.807, 2.05) is 0 Å². The summed E-state index contributed by atoms with van der Waals surface area (Å²) in [6.07, 6.45) is 1.50. The Bertz CT molecular complexity index is 396. The van der Waals surface area contributed by atoms with E-state index >= 15 is 0 Å². The van der Waals surface area contributed by atoms with Crippen molar-refractivity contribution in [2.75, 3.05) is 25.6 Å². The van der Waals surface area contributed by atoms with Gasteiger partial charge in [-0.15, -0.1) is 0 Å². The summed E-state index contributed by atoms with van der Waals surface area (Å²) in [6.45, 7) is 3.88. The van der Waals surface area contributed by atoms with Crippen LogP contribution in [0, 0.1) is 6.92 Å². The van der Waals surface area contributed by atoms with E-state index in [0.29, 0.717) is 12.4 Å². The fraction of sp³-hybridized carbons (Fsp3) is 0.583. The molecule has 0 aliphatic heterocycles. The van der Waals surface area contributed by atoms with Gasteiger partial charge >= 0.3 is 0 Å². The molecule has 2 unspecified atom stereocenters. The molecule has 0 bridgehead atoms. The Morgan fingerprint density at radius 2 is 2.16 bits per heavy atom. The maximum atomic E-state index is 11.6. The lowest BCUT2D eigenvalue weighted by Crippen LogP contribution is -2.34. The summed E-state index contributed by atoms with van der Waals surface area (Å²) in [5.74, 6) is -0.289. The van der Waals surface area contributed by atoms with Crippen LogP contribution < -0.4 is 5.32 Å². The summed E-state index contributed by atoms with van der Waals surface area (Å²) < 4.78 is 10.1. The van der Waals surface area contributed by atoms with E-state index in [2.05, 4.69) is 15.3 Å². The van der Waals surface area contributed by atoms with E-state index in [0.717, 1.165) is 5.69 Å². The molecule has 0 spiro atoms. The van der Waals surface area contributed by atoms with Crippen molar-refractivity contribution >= 4 is 11.7 Å². The summed E-state index contributed by atoms with van der Waals surface area (Å²) in [5, 5.41) is 12.1. The minimum Gasteiger partial charge on any atom is -0.382 e. The highest BCUT2D eigenvalue weighted by Crippen LogP contribution is 2.02. The van der Waals surface area contributed by atoms with E-state index in [1.54, 1.807) is 21.0 Å². The van der Waals surface area contributed by atoms with Gasteiger partial charge in [0.1, 0.15) is 0 Å². The van der Waals surface area contributed by atoms with Gasteiger partial charge < -0.3 is 19.9 Å². The van der Waals surface area contributed by atoms with Crippen molar-refractivity contribution in [3.8, 4) is 0 Å². The summed E-state index contributed by atoms with van der Waals surface area (Å²) in [7, 11) is 1.55. The Hall–Kier alpha value is -1.57. The highest BCUT2D eigenvalue weighted by molar-refractivity contribution is 5.93. The van der Waals surface area contributed by atoms with Gasteiger partial charge in [-0.05, 0) is 13.8 Å². The summed E-state index contributed by atoms with van der Waals surface area (Å²) >= 11 is 0. The molecular weight excluding hydrogens is 250 g/mol. The molecule has 7 heteroatoms. The van der Waals surface area contributed by atoms with Crippen LogP contribution in [0.4, 0.5) is 5.82 Å². The second kappa shape index (κ2) is 7.78. The van der Waals surface area contributed by atoms with Crippen LogP contribution in [0.3, 0.4) is 0 Å². The van der Waals surface area contributed by atoms with Crippen molar-refractivity contribution in [2.24, 2.45) is 0 Å². The zero-order valence-corrected chi connectivity index (χ0v) is 11.3. The Morgan fingerprint density at radius 1 is 1.42 bits per heavy atom. The topological polar surface area (TPSA) is 93.6 Å². The molecule has 0 fully saturated rings. The third kappa shape index (κ3) is 5.73. The lowest BCUT2D eigenvalue weighted by atomic mass is 10.3. The summed E-state index contributed by atoms with van der Waals surface area (Å²) in [5.41, 5.74) is 0.746. The molecule has 1 aromatic rings. The largest absolute Gasteiger partial charge is 0.382 e. The standard InChI is InChI=1S/C12H19N3O4/c1-8-4-14-11(5-13-8)15-12(17)10(16)7-19-9(2)6-18-3/h4-5,9-10,16H,6-7H2,1-3H3,(H,14,15,17). The number of aliphatic hydroxyl groups is 1. The summed E-state index contributed by atoms with van der Waals surface area (Å²) in [4.78, 5) is 19.6. The second-order valence-corrected chi connectivity index (χ2v) is 4.15. The number of nitrogens with one attached hydrogen (secondary N) is 1. The van der Waals surface area contributed by atoms with Crippen LogP contribution in [0.1, 0.15) is 12.6 Å².